The molecule has 0 spiro atoms. The Hall–Kier alpha value is -0.410. The second-order valence-corrected chi connectivity index (χ2v) is 3.68. The zero-order valence-electron chi connectivity index (χ0n) is 6.94. The van der Waals surface area contributed by atoms with Crippen molar-refractivity contribution in [2.45, 2.75) is 20.0 Å². The molecule has 0 fully saturated rings. The molecular formula is C9H10BrFO. The lowest BCUT2D eigenvalue weighted by Gasteiger charge is -2.08. The predicted molar refractivity (Wildman–Crippen MR) is 49.5 cm³/mol. The molecule has 1 aromatic rings. The van der Waals surface area contributed by atoms with Crippen LogP contribution in [0.15, 0.2) is 16.6 Å². The minimum atomic E-state index is -0.763. The fourth-order valence-corrected chi connectivity index (χ4v) is 1.65. The number of aliphatic hydroxyl groups is 1. The van der Waals surface area contributed by atoms with Crippen molar-refractivity contribution in [3.05, 3.63) is 33.5 Å². The van der Waals surface area contributed by atoms with Crippen molar-refractivity contribution in [2.75, 3.05) is 0 Å². The highest BCUT2D eigenvalue weighted by Crippen LogP contribution is 2.25. The second-order valence-electron chi connectivity index (χ2n) is 2.83. The molecule has 1 nitrogen and oxygen atoms in total. The molecule has 0 saturated carbocycles. The van der Waals surface area contributed by atoms with E-state index in [0.29, 0.717) is 10.0 Å². The Morgan fingerprint density at radius 1 is 1.50 bits per heavy atom. The quantitative estimate of drug-likeness (QED) is 0.790. The van der Waals surface area contributed by atoms with Gasteiger partial charge < -0.3 is 5.11 Å². The van der Waals surface area contributed by atoms with Gasteiger partial charge in [-0.2, -0.15) is 0 Å². The normalized spacial score (nSPS) is 13.1. The lowest BCUT2D eigenvalue weighted by Crippen LogP contribution is -1.97. The number of aryl methyl sites for hydroxylation is 1. The predicted octanol–water partition coefficient (Wildman–Crippen LogP) is 2.95. The number of aliphatic hydroxyl groups excluding tert-OH is 1. The first-order chi connectivity index (χ1) is 5.52. The van der Waals surface area contributed by atoms with Crippen molar-refractivity contribution in [3.8, 4) is 0 Å². The summed E-state index contributed by atoms with van der Waals surface area (Å²) >= 11 is 3.08. The monoisotopic (exact) mass is 232 g/mol. The summed E-state index contributed by atoms with van der Waals surface area (Å²) in [5.74, 6) is -0.379. The summed E-state index contributed by atoms with van der Waals surface area (Å²) < 4.78 is 13.6. The molecule has 1 unspecified atom stereocenters. The largest absolute Gasteiger partial charge is 0.389 e. The standard InChI is InChI=1S/C9H10BrFO/c1-5-3-7(6(2)12)9(11)8(10)4-5/h3-4,6,12H,1-2H3. The minimum absolute atomic E-state index is 0.335. The molecule has 0 aliphatic heterocycles. The van der Waals surface area contributed by atoms with Gasteiger partial charge in [-0.05, 0) is 41.4 Å². The SMILES string of the molecule is Cc1cc(Br)c(F)c(C(C)O)c1. The molecule has 0 amide bonds. The maximum absolute atomic E-state index is 13.2. The minimum Gasteiger partial charge on any atom is -0.389 e. The first-order valence-corrected chi connectivity index (χ1v) is 4.45. The van der Waals surface area contributed by atoms with Gasteiger partial charge >= 0.3 is 0 Å². The summed E-state index contributed by atoms with van der Waals surface area (Å²) in [6, 6.07) is 3.33. The second kappa shape index (κ2) is 3.54. The van der Waals surface area contributed by atoms with Crippen LogP contribution in [0, 0.1) is 12.7 Å². The lowest BCUT2D eigenvalue weighted by atomic mass is 10.1. The number of hydrogen-bond donors (Lipinski definition) is 1. The molecule has 0 saturated heterocycles. The molecule has 0 bridgehead atoms. The van der Waals surface area contributed by atoms with E-state index in [0.717, 1.165) is 5.56 Å². The van der Waals surface area contributed by atoms with Crippen LogP contribution >= 0.6 is 15.9 Å². The maximum atomic E-state index is 13.2. The Morgan fingerprint density at radius 2 is 2.08 bits per heavy atom. The summed E-state index contributed by atoms with van der Waals surface area (Å²) in [6.07, 6.45) is -0.763. The van der Waals surface area contributed by atoms with E-state index >= 15 is 0 Å². The average Bonchev–Trinajstić information content (AvgIpc) is 1.96. The van der Waals surface area contributed by atoms with E-state index in [4.69, 9.17) is 0 Å². The van der Waals surface area contributed by atoms with Gasteiger partial charge in [-0.25, -0.2) is 4.39 Å². The third kappa shape index (κ3) is 1.84. The van der Waals surface area contributed by atoms with Crippen molar-refractivity contribution in [1.29, 1.82) is 0 Å². The van der Waals surface area contributed by atoms with Gasteiger partial charge in [0.05, 0.1) is 10.6 Å². The summed E-state index contributed by atoms with van der Waals surface area (Å²) in [7, 11) is 0. The van der Waals surface area contributed by atoms with E-state index in [1.54, 1.807) is 19.1 Å². The fourth-order valence-electron chi connectivity index (χ4n) is 1.06. The van der Waals surface area contributed by atoms with Crippen LogP contribution < -0.4 is 0 Å². The van der Waals surface area contributed by atoms with Gasteiger partial charge in [-0.3, -0.25) is 0 Å². The molecule has 0 heterocycles. The molecule has 1 aromatic carbocycles. The van der Waals surface area contributed by atoms with Crippen LogP contribution in [0.5, 0.6) is 0 Å². The molecule has 0 aliphatic carbocycles. The number of hydrogen-bond acceptors (Lipinski definition) is 1. The molecule has 0 radical (unpaired) electrons. The van der Waals surface area contributed by atoms with Crippen LogP contribution in [-0.4, -0.2) is 5.11 Å². The molecule has 1 atom stereocenters. The van der Waals surface area contributed by atoms with E-state index in [2.05, 4.69) is 15.9 Å². The number of benzene rings is 1. The highest BCUT2D eigenvalue weighted by Gasteiger charge is 2.11. The van der Waals surface area contributed by atoms with Gasteiger partial charge in [0.25, 0.3) is 0 Å². The Morgan fingerprint density at radius 3 is 2.58 bits per heavy atom. The highest BCUT2D eigenvalue weighted by atomic mass is 79.9. The first-order valence-electron chi connectivity index (χ1n) is 3.66. The van der Waals surface area contributed by atoms with Gasteiger partial charge in [0, 0.05) is 5.56 Å². The Labute approximate surface area is 79.4 Å². The van der Waals surface area contributed by atoms with Crippen LogP contribution in [0.3, 0.4) is 0 Å². The van der Waals surface area contributed by atoms with E-state index in [9.17, 15) is 9.50 Å². The summed E-state index contributed by atoms with van der Waals surface area (Å²) in [4.78, 5) is 0. The van der Waals surface area contributed by atoms with Gasteiger partial charge in [-0.1, -0.05) is 6.07 Å². The van der Waals surface area contributed by atoms with Gasteiger partial charge in [-0.15, -0.1) is 0 Å². The van der Waals surface area contributed by atoms with Crippen molar-refractivity contribution >= 4 is 15.9 Å². The molecule has 0 aliphatic rings. The summed E-state index contributed by atoms with van der Waals surface area (Å²) in [5, 5.41) is 9.19. The summed E-state index contributed by atoms with van der Waals surface area (Å²) in [5.41, 5.74) is 1.26. The average molecular weight is 233 g/mol. The number of rotatable bonds is 1. The Balaban J connectivity index is 3.28. The summed E-state index contributed by atoms with van der Waals surface area (Å²) in [6.45, 7) is 3.40. The van der Waals surface area contributed by atoms with Gasteiger partial charge in [0.1, 0.15) is 5.82 Å². The molecule has 1 rings (SSSR count). The lowest BCUT2D eigenvalue weighted by molar-refractivity contribution is 0.194. The van der Waals surface area contributed by atoms with Crippen LogP contribution in [0.4, 0.5) is 4.39 Å². The highest BCUT2D eigenvalue weighted by molar-refractivity contribution is 9.10. The maximum Gasteiger partial charge on any atom is 0.143 e. The fraction of sp³-hybridized carbons (Fsp3) is 0.333. The zero-order chi connectivity index (χ0) is 9.30. The molecule has 12 heavy (non-hydrogen) atoms. The molecule has 3 heteroatoms. The van der Waals surface area contributed by atoms with E-state index in [1.165, 1.54) is 0 Å². The van der Waals surface area contributed by atoms with Gasteiger partial charge in [0.2, 0.25) is 0 Å². The van der Waals surface area contributed by atoms with Crippen molar-refractivity contribution in [1.82, 2.24) is 0 Å². The Kier molecular flexibility index (Phi) is 2.85. The first kappa shape index (κ1) is 9.68. The Bertz CT molecular complexity index is 297. The third-order valence-corrected chi connectivity index (χ3v) is 2.23. The molecular weight excluding hydrogens is 223 g/mol. The van der Waals surface area contributed by atoms with Crippen molar-refractivity contribution in [2.24, 2.45) is 0 Å². The van der Waals surface area contributed by atoms with Crippen LogP contribution in [0.2, 0.25) is 0 Å². The van der Waals surface area contributed by atoms with Crippen LogP contribution in [0.1, 0.15) is 24.2 Å². The van der Waals surface area contributed by atoms with Crippen molar-refractivity contribution < 1.29 is 9.50 Å². The zero-order valence-corrected chi connectivity index (χ0v) is 8.52. The van der Waals surface area contributed by atoms with Crippen molar-refractivity contribution in [3.63, 3.8) is 0 Å². The number of halogens is 2. The molecule has 0 aromatic heterocycles. The molecule has 66 valence electrons. The van der Waals surface area contributed by atoms with Gasteiger partial charge in [0.15, 0.2) is 0 Å². The van der Waals surface area contributed by atoms with Crippen LogP contribution in [0.25, 0.3) is 0 Å². The van der Waals surface area contributed by atoms with E-state index in [-0.39, 0.29) is 5.82 Å². The molecule has 1 N–H and O–H groups in total. The van der Waals surface area contributed by atoms with Crippen LogP contribution in [-0.2, 0) is 0 Å². The topological polar surface area (TPSA) is 20.2 Å². The smallest absolute Gasteiger partial charge is 0.143 e. The van der Waals surface area contributed by atoms with E-state index < -0.39 is 6.10 Å². The van der Waals surface area contributed by atoms with E-state index in [1.807, 2.05) is 6.92 Å². The third-order valence-electron chi connectivity index (χ3n) is 1.65.